The SMILES string of the molecule is CC(C)NC(=O)CN(C)C(CN)C1CC1.Cl. The molecule has 1 rings (SSSR count). The van der Waals surface area contributed by atoms with Gasteiger partial charge in [0.25, 0.3) is 0 Å². The zero-order chi connectivity index (χ0) is 11.4. The molecule has 1 unspecified atom stereocenters. The molecule has 0 aromatic carbocycles. The maximum Gasteiger partial charge on any atom is 0.234 e. The molecule has 0 aromatic heterocycles. The van der Waals surface area contributed by atoms with E-state index in [0.29, 0.717) is 25.0 Å². The van der Waals surface area contributed by atoms with Crippen LogP contribution in [0.15, 0.2) is 0 Å². The second kappa shape index (κ2) is 7.09. The van der Waals surface area contributed by atoms with E-state index < -0.39 is 0 Å². The quantitative estimate of drug-likeness (QED) is 0.725. The van der Waals surface area contributed by atoms with Gasteiger partial charge >= 0.3 is 0 Å². The van der Waals surface area contributed by atoms with Gasteiger partial charge in [0.15, 0.2) is 0 Å². The highest BCUT2D eigenvalue weighted by Gasteiger charge is 2.33. The Balaban J connectivity index is 0.00000225. The Kier molecular flexibility index (Phi) is 6.95. The van der Waals surface area contributed by atoms with Gasteiger partial charge in [-0.15, -0.1) is 12.4 Å². The van der Waals surface area contributed by atoms with Crippen molar-refractivity contribution in [3.05, 3.63) is 0 Å². The van der Waals surface area contributed by atoms with E-state index in [9.17, 15) is 4.79 Å². The van der Waals surface area contributed by atoms with Gasteiger partial charge in [-0.05, 0) is 39.7 Å². The summed E-state index contributed by atoms with van der Waals surface area (Å²) in [5.41, 5.74) is 5.72. The summed E-state index contributed by atoms with van der Waals surface area (Å²) in [7, 11) is 1.98. The van der Waals surface area contributed by atoms with Crippen molar-refractivity contribution >= 4 is 18.3 Å². The highest BCUT2D eigenvalue weighted by molar-refractivity contribution is 5.85. The van der Waals surface area contributed by atoms with Crippen molar-refractivity contribution in [3.63, 3.8) is 0 Å². The van der Waals surface area contributed by atoms with Crippen molar-refractivity contribution < 1.29 is 4.79 Å². The molecule has 5 heteroatoms. The van der Waals surface area contributed by atoms with Crippen molar-refractivity contribution in [2.24, 2.45) is 11.7 Å². The fraction of sp³-hybridized carbons (Fsp3) is 0.909. The van der Waals surface area contributed by atoms with Gasteiger partial charge in [-0.3, -0.25) is 9.69 Å². The van der Waals surface area contributed by atoms with E-state index in [1.807, 2.05) is 20.9 Å². The number of nitrogens with one attached hydrogen (secondary N) is 1. The molecule has 0 aliphatic heterocycles. The van der Waals surface area contributed by atoms with Gasteiger partial charge in [0.1, 0.15) is 0 Å². The molecule has 16 heavy (non-hydrogen) atoms. The molecule has 0 radical (unpaired) electrons. The average molecular weight is 250 g/mol. The van der Waals surface area contributed by atoms with E-state index in [1.54, 1.807) is 0 Å². The minimum Gasteiger partial charge on any atom is -0.353 e. The van der Waals surface area contributed by atoms with Crippen LogP contribution in [0.2, 0.25) is 0 Å². The summed E-state index contributed by atoms with van der Waals surface area (Å²) in [4.78, 5) is 13.6. The zero-order valence-corrected chi connectivity index (χ0v) is 11.2. The molecule has 3 N–H and O–H groups in total. The minimum absolute atomic E-state index is 0. The van der Waals surface area contributed by atoms with E-state index in [4.69, 9.17) is 5.73 Å². The lowest BCUT2D eigenvalue weighted by Crippen LogP contribution is -2.46. The second-order valence-corrected chi connectivity index (χ2v) is 4.78. The van der Waals surface area contributed by atoms with Gasteiger partial charge in [-0.25, -0.2) is 0 Å². The molecule has 0 bridgehead atoms. The molecule has 1 aliphatic rings. The number of hydrogen-bond acceptors (Lipinski definition) is 3. The second-order valence-electron chi connectivity index (χ2n) is 4.78. The van der Waals surface area contributed by atoms with Crippen LogP contribution in [0.3, 0.4) is 0 Å². The zero-order valence-electron chi connectivity index (χ0n) is 10.4. The molecule has 0 saturated heterocycles. The maximum absolute atomic E-state index is 11.5. The first-order valence-electron chi connectivity index (χ1n) is 5.74. The monoisotopic (exact) mass is 249 g/mol. The predicted molar refractivity (Wildman–Crippen MR) is 68.7 cm³/mol. The van der Waals surface area contributed by atoms with Crippen LogP contribution in [-0.4, -0.2) is 43.0 Å². The van der Waals surface area contributed by atoms with E-state index in [1.165, 1.54) is 12.8 Å². The van der Waals surface area contributed by atoms with Crippen LogP contribution in [0, 0.1) is 5.92 Å². The Morgan fingerprint density at radius 3 is 2.44 bits per heavy atom. The first-order valence-corrected chi connectivity index (χ1v) is 5.74. The van der Waals surface area contributed by atoms with Gasteiger partial charge in [-0.2, -0.15) is 0 Å². The molecule has 96 valence electrons. The number of carbonyl (C=O) groups is 1. The largest absolute Gasteiger partial charge is 0.353 e. The smallest absolute Gasteiger partial charge is 0.234 e. The van der Waals surface area contributed by atoms with Crippen LogP contribution in [0.5, 0.6) is 0 Å². The fourth-order valence-electron chi connectivity index (χ4n) is 1.92. The van der Waals surface area contributed by atoms with Crippen LogP contribution in [0.25, 0.3) is 0 Å². The number of rotatable bonds is 6. The molecular formula is C11H24ClN3O. The van der Waals surface area contributed by atoms with E-state index in [-0.39, 0.29) is 24.4 Å². The number of amides is 1. The van der Waals surface area contributed by atoms with Crippen LogP contribution in [-0.2, 0) is 4.79 Å². The Morgan fingerprint density at radius 2 is 2.06 bits per heavy atom. The van der Waals surface area contributed by atoms with Gasteiger partial charge in [-0.1, -0.05) is 0 Å². The average Bonchev–Trinajstić information content (AvgIpc) is 2.87. The van der Waals surface area contributed by atoms with Crippen molar-refractivity contribution in [3.8, 4) is 0 Å². The lowest BCUT2D eigenvalue weighted by molar-refractivity contribution is -0.122. The number of carbonyl (C=O) groups excluding carboxylic acids is 1. The van der Waals surface area contributed by atoms with Crippen LogP contribution >= 0.6 is 12.4 Å². The molecule has 0 spiro atoms. The highest BCUT2D eigenvalue weighted by atomic mass is 35.5. The van der Waals surface area contributed by atoms with E-state index in [0.717, 1.165) is 0 Å². The fourth-order valence-corrected chi connectivity index (χ4v) is 1.92. The van der Waals surface area contributed by atoms with Gasteiger partial charge in [0.2, 0.25) is 5.91 Å². The van der Waals surface area contributed by atoms with E-state index in [2.05, 4.69) is 10.2 Å². The van der Waals surface area contributed by atoms with E-state index >= 15 is 0 Å². The van der Waals surface area contributed by atoms with Crippen molar-refractivity contribution in [1.29, 1.82) is 0 Å². The third kappa shape index (κ3) is 5.14. The summed E-state index contributed by atoms with van der Waals surface area (Å²) in [5, 5.41) is 2.89. The van der Waals surface area contributed by atoms with Crippen LogP contribution < -0.4 is 11.1 Å². The van der Waals surface area contributed by atoms with Crippen LogP contribution in [0.4, 0.5) is 0 Å². The van der Waals surface area contributed by atoms with Gasteiger partial charge in [0.05, 0.1) is 6.54 Å². The molecule has 1 aliphatic carbocycles. The summed E-state index contributed by atoms with van der Waals surface area (Å²) in [6.07, 6.45) is 2.52. The highest BCUT2D eigenvalue weighted by Crippen LogP contribution is 2.34. The van der Waals surface area contributed by atoms with Crippen LogP contribution in [0.1, 0.15) is 26.7 Å². The minimum atomic E-state index is 0. The van der Waals surface area contributed by atoms with Crippen molar-refractivity contribution in [1.82, 2.24) is 10.2 Å². The number of likely N-dealkylation sites (N-methyl/N-ethyl adjacent to an activating group) is 1. The molecule has 1 saturated carbocycles. The molecular weight excluding hydrogens is 226 g/mol. The van der Waals surface area contributed by atoms with Gasteiger partial charge in [0, 0.05) is 18.6 Å². The van der Waals surface area contributed by atoms with Crippen molar-refractivity contribution in [2.75, 3.05) is 20.1 Å². The Morgan fingerprint density at radius 1 is 1.50 bits per heavy atom. The maximum atomic E-state index is 11.5. The molecule has 1 atom stereocenters. The third-order valence-electron chi connectivity index (χ3n) is 2.82. The summed E-state index contributed by atoms with van der Waals surface area (Å²) in [6, 6.07) is 0.589. The number of hydrogen-bond donors (Lipinski definition) is 2. The normalized spacial score (nSPS) is 17.1. The topological polar surface area (TPSA) is 58.4 Å². The number of nitrogens with zero attached hydrogens (tertiary/aromatic N) is 1. The van der Waals surface area contributed by atoms with Gasteiger partial charge < -0.3 is 11.1 Å². The summed E-state index contributed by atoms with van der Waals surface area (Å²) < 4.78 is 0. The Hall–Kier alpha value is -0.320. The standard InChI is InChI=1S/C11H23N3O.ClH/c1-8(2)13-11(15)7-14(3)10(6-12)9-4-5-9;/h8-10H,4-7,12H2,1-3H3,(H,13,15);1H. The first kappa shape index (κ1) is 15.7. The summed E-state index contributed by atoms with van der Waals surface area (Å²) in [6.45, 7) is 5.05. The molecule has 0 aromatic rings. The number of halogens is 1. The molecule has 1 amide bonds. The summed E-state index contributed by atoms with van der Waals surface area (Å²) >= 11 is 0. The molecule has 0 heterocycles. The number of nitrogens with two attached hydrogens (primary N) is 1. The molecule has 1 fully saturated rings. The predicted octanol–water partition coefficient (Wildman–Crippen LogP) is 0.602. The lowest BCUT2D eigenvalue weighted by atomic mass is 10.1. The Bertz CT molecular complexity index is 219. The molecule has 4 nitrogen and oxygen atoms in total. The lowest BCUT2D eigenvalue weighted by Gasteiger charge is -2.26. The third-order valence-corrected chi connectivity index (χ3v) is 2.82. The summed E-state index contributed by atoms with van der Waals surface area (Å²) in [5.74, 6) is 0.804. The first-order chi connectivity index (χ1) is 7.04. The Labute approximate surface area is 104 Å². The van der Waals surface area contributed by atoms with Crippen molar-refractivity contribution in [2.45, 2.75) is 38.8 Å².